The van der Waals surface area contributed by atoms with Crippen molar-refractivity contribution in [2.75, 3.05) is 17.1 Å². The second-order valence-electron chi connectivity index (χ2n) is 7.50. The zero-order chi connectivity index (χ0) is 23.6. The molecule has 172 valence electrons. The molecule has 1 aliphatic carbocycles. The fourth-order valence-corrected chi connectivity index (χ4v) is 6.02. The van der Waals surface area contributed by atoms with Gasteiger partial charge in [-0.05, 0) is 73.7 Å². The third-order valence-corrected chi connectivity index (χ3v) is 7.89. The molecule has 4 rings (SSSR count). The van der Waals surface area contributed by atoms with Gasteiger partial charge >= 0.3 is 5.97 Å². The molecule has 0 fully saturated rings. The highest BCUT2D eigenvalue weighted by molar-refractivity contribution is 7.92. The molecule has 3 aromatic rings. The van der Waals surface area contributed by atoms with E-state index in [2.05, 4.69) is 10.0 Å². The van der Waals surface area contributed by atoms with Gasteiger partial charge in [0.15, 0.2) is 0 Å². The summed E-state index contributed by atoms with van der Waals surface area (Å²) in [5.74, 6) is -1.53. The Labute approximate surface area is 194 Å². The molecule has 0 spiro atoms. The highest BCUT2D eigenvalue weighted by Crippen LogP contribution is 2.38. The lowest BCUT2D eigenvalue weighted by Crippen LogP contribution is -2.16. The van der Waals surface area contributed by atoms with Crippen molar-refractivity contribution >= 4 is 43.9 Å². The van der Waals surface area contributed by atoms with Crippen LogP contribution in [0.15, 0.2) is 53.4 Å². The van der Waals surface area contributed by atoms with Crippen LogP contribution in [0.1, 0.15) is 44.0 Å². The summed E-state index contributed by atoms with van der Waals surface area (Å²) in [6.07, 6.45) is 3.60. The summed E-state index contributed by atoms with van der Waals surface area (Å²) in [6.45, 7) is 0. The SMILES string of the molecule is COC(=O)c1c(NC(=O)c2cccc(NS(=O)(=O)c3ccc(F)cc3)c2)sc2c1CCCC2. The van der Waals surface area contributed by atoms with E-state index < -0.39 is 27.7 Å². The van der Waals surface area contributed by atoms with Gasteiger partial charge in [0.2, 0.25) is 0 Å². The average Bonchev–Trinajstić information content (AvgIpc) is 3.16. The Morgan fingerprint density at radius 1 is 1.06 bits per heavy atom. The lowest BCUT2D eigenvalue weighted by Gasteiger charge is -2.12. The number of anilines is 2. The van der Waals surface area contributed by atoms with Crippen molar-refractivity contribution < 1.29 is 27.1 Å². The number of ether oxygens (including phenoxy) is 1. The topological polar surface area (TPSA) is 102 Å². The number of carbonyl (C=O) groups is 2. The number of amides is 1. The van der Waals surface area contributed by atoms with E-state index in [1.165, 1.54) is 42.7 Å². The molecule has 1 aliphatic rings. The standard InChI is InChI=1S/C23H21FN2O5S2/c1-31-23(28)20-18-7-2-3-8-19(18)32-22(20)25-21(27)14-5-4-6-16(13-14)26-33(29,30)17-11-9-15(24)10-12-17/h4-6,9-13,26H,2-3,7-8H2,1H3,(H,25,27). The highest BCUT2D eigenvalue weighted by atomic mass is 32.2. The molecule has 0 radical (unpaired) electrons. The van der Waals surface area contributed by atoms with Crippen molar-refractivity contribution in [2.24, 2.45) is 0 Å². The predicted molar refractivity (Wildman–Crippen MR) is 124 cm³/mol. The Balaban J connectivity index is 1.57. The second-order valence-corrected chi connectivity index (χ2v) is 10.3. The normalized spacial score (nSPS) is 13.2. The molecule has 2 aromatic carbocycles. The van der Waals surface area contributed by atoms with Crippen molar-refractivity contribution in [1.29, 1.82) is 0 Å². The molecule has 0 atom stereocenters. The molecule has 1 aromatic heterocycles. The van der Waals surface area contributed by atoms with Crippen LogP contribution in [0.4, 0.5) is 15.1 Å². The van der Waals surface area contributed by atoms with Crippen LogP contribution in [0.5, 0.6) is 0 Å². The van der Waals surface area contributed by atoms with E-state index in [0.29, 0.717) is 10.6 Å². The third kappa shape index (κ3) is 4.91. The molecule has 33 heavy (non-hydrogen) atoms. The van der Waals surface area contributed by atoms with Gasteiger partial charge in [0.05, 0.1) is 17.6 Å². The summed E-state index contributed by atoms with van der Waals surface area (Å²) in [7, 11) is -2.66. The first kappa shape index (κ1) is 22.9. The molecule has 0 aliphatic heterocycles. The van der Waals surface area contributed by atoms with Crippen LogP contribution in [0.2, 0.25) is 0 Å². The van der Waals surface area contributed by atoms with Crippen LogP contribution in [0.3, 0.4) is 0 Å². The van der Waals surface area contributed by atoms with Crippen molar-refractivity contribution in [1.82, 2.24) is 0 Å². The molecule has 0 unspecified atom stereocenters. The molecule has 2 N–H and O–H groups in total. The molecule has 10 heteroatoms. The van der Waals surface area contributed by atoms with Crippen LogP contribution in [-0.4, -0.2) is 27.4 Å². The summed E-state index contributed by atoms with van der Waals surface area (Å²) in [5.41, 5.74) is 1.69. The first-order valence-electron chi connectivity index (χ1n) is 10.2. The lowest BCUT2D eigenvalue weighted by molar-refractivity contribution is 0.0601. The molecule has 1 amide bonds. The second kappa shape index (κ2) is 9.32. The maximum Gasteiger partial charge on any atom is 0.341 e. The molecular formula is C23H21FN2O5S2. The monoisotopic (exact) mass is 488 g/mol. The molecule has 0 saturated carbocycles. The Bertz CT molecular complexity index is 1320. The van der Waals surface area contributed by atoms with Crippen LogP contribution in [0.25, 0.3) is 0 Å². The molecule has 1 heterocycles. The molecule has 0 bridgehead atoms. The zero-order valence-corrected chi connectivity index (χ0v) is 19.3. The fraction of sp³-hybridized carbons (Fsp3) is 0.217. The minimum absolute atomic E-state index is 0.106. The number of rotatable bonds is 6. The Morgan fingerprint density at radius 3 is 2.52 bits per heavy atom. The summed E-state index contributed by atoms with van der Waals surface area (Å²) < 4.78 is 45.6. The minimum atomic E-state index is -3.96. The number of carbonyl (C=O) groups excluding carboxylic acids is 2. The van der Waals surface area contributed by atoms with E-state index in [1.54, 1.807) is 0 Å². The summed E-state index contributed by atoms with van der Waals surface area (Å²) in [4.78, 5) is 26.3. The Morgan fingerprint density at radius 2 is 1.79 bits per heavy atom. The van der Waals surface area contributed by atoms with Gasteiger partial charge in [-0.3, -0.25) is 9.52 Å². The van der Waals surface area contributed by atoms with E-state index in [-0.39, 0.29) is 16.1 Å². The van der Waals surface area contributed by atoms with Crippen molar-refractivity contribution in [3.63, 3.8) is 0 Å². The minimum Gasteiger partial charge on any atom is -0.465 e. The van der Waals surface area contributed by atoms with Crippen LogP contribution < -0.4 is 10.0 Å². The fourth-order valence-electron chi connectivity index (χ4n) is 3.70. The maximum absolute atomic E-state index is 13.1. The molecule has 7 nitrogen and oxygen atoms in total. The number of methoxy groups -OCH3 is 1. The van der Waals surface area contributed by atoms with Gasteiger partial charge in [-0.25, -0.2) is 17.6 Å². The maximum atomic E-state index is 13.1. The number of hydrogen-bond donors (Lipinski definition) is 2. The van der Waals surface area contributed by atoms with Gasteiger partial charge in [-0.1, -0.05) is 6.07 Å². The van der Waals surface area contributed by atoms with E-state index in [9.17, 15) is 22.4 Å². The average molecular weight is 489 g/mol. The van der Waals surface area contributed by atoms with E-state index >= 15 is 0 Å². The number of nitrogens with one attached hydrogen (secondary N) is 2. The van der Waals surface area contributed by atoms with Crippen molar-refractivity contribution in [3.8, 4) is 0 Å². The predicted octanol–water partition coefficient (Wildman–Crippen LogP) is 4.61. The van der Waals surface area contributed by atoms with Gasteiger partial charge in [0.25, 0.3) is 15.9 Å². The smallest absolute Gasteiger partial charge is 0.341 e. The molecular weight excluding hydrogens is 467 g/mol. The van der Waals surface area contributed by atoms with Crippen LogP contribution in [0, 0.1) is 5.82 Å². The quantitative estimate of drug-likeness (QED) is 0.494. The van der Waals surface area contributed by atoms with Crippen molar-refractivity contribution in [3.05, 3.63) is 75.9 Å². The largest absolute Gasteiger partial charge is 0.465 e. The summed E-state index contributed by atoms with van der Waals surface area (Å²) >= 11 is 1.37. The van der Waals surface area contributed by atoms with E-state index in [4.69, 9.17) is 4.74 Å². The Hall–Kier alpha value is -3.24. The number of halogens is 1. The third-order valence-electron chi connectivity index (χ3n) is 5.29. The Kier molecular flexibility index (Phi) is 6.48. The summed E-state index contributed by atoms with van der Waals surface area (Å²) in [5, 5.41) is 3.21. The number of thiophene rings is 1. The van der Waals surface area contributed by atoms with Gasteiger partial charge in [0, 0.05) is 16.1 Å². The van der Waals surface area contributed by atoms with Gasteiger partial charge in [0.1, 0.15) is 10.8 Å². The number of fused-ring (bicyclic) bond motifs is 1. The number of aryl methyl sites for hydroxylation is 1. The van der Waals surface area contributed by atoms with Gasteiger partial charge in [-0.2, -0.15) is 0 Å². The van der Waals surface area contributed by atoms with Crippen LogP contribution >= 0.6 is 11.3 Å². The first-order valence-corrected chi connectivity index (χ1v) is 12.5. The zero-order valence-electron chi connectivity index (χ0n) is 17.7. The highest BCUT2D eigenvalue weighted by Gasteiger charge is 2.27. The lowest BCUT2D eigenvalue weighted by atomic mass is 9.95. The number of esters is 1. The van der Waals surface area contributed by atoms with Gasteiger partial charge < -0.3 is 10.1 Å². The number of sulfonamides is 1. The van der Waals surface area contributed by atoms with E-state index in [1.807, 2.05) is 0 Å². The van der Waals surface area contributed by atoms with E-state index in [0.717, 1.165) is 60.4 Å². The number of hydrogen-bond acceptors (Lipinski definition) is 6. The van der Waals surface area contributed by atoms with Crippen molar-refractivity contribution in [2.45, 2.75) is 30.6 Å². The summed E-state index contributed by atoms with van der Waals surface area (Å²) in [6, 6.07) is 10.4. The van der Waals surface area contributed by atoms with Gasteiger partial charge in [-0.15, -0.1) is 11.3 Å². The number of benzene rings is 2. The molecule has 0 saturated heterocycles. The first-order chi connectivity index (χ1) is 15.8. The van der Waals surface area contributed by atoms with Crippen LogP contribution in [-0.2, 0) is 27.6 Å².